The summed E-state index contributed by atoms with van der Waals surface area (Å²) in [5.74, 6) is -0.728. The van der Waals surface area contributed by atoms with Crippen LogP contribution < -0.4 is 4.74 Å². The van der Waals surface area contributed by atoms with E-state index in [1.54, 1.807) is 26.8 Å². The number of benzene rings is 2. The maximum absolute atomic E-state index is 12.4. The van der Waals surface area contributed by atoms with Gasteiger partial charge in [0, 0.05) is 17.5 Å². The van der Waals surface area contributed by atoms with Gasteiger partial charge in [-0.15, -0.1) is 0 Å². The number of ether oxygens (including phenoxy) is 2. The van der Waals surface area contributed by atoms with Gasteiger partial charge in [-0.25, -0.2) is 9.59 Å². The van der Waals surface area contributed by atoms with E-state index >= 15 is 0 Å². The van der Waals surface area contributed by atoms with Crippen LogP contribution in [0.5, 0.6) is 5.75 Å². The molecule has 0 radical (unpaired) electrons. The number of aryl methyl sites for hydroxylation is 1. The Kier molecular flexibility index (Phi) is 5.12. The van der Waals surface area contributed by atoms with E-state index in [-0.39, 0.29) is 28.7 Å². The molecule has 1 heterocycles. The Bertz CT molecular complexity index is 1080. The first-order chi connectivity index (χ1) is 13.3. The second-order valence-corrected chi connectivity index (χ2v) is 6.34. The van der Waals surface area contributed by atoms with Crippen LogP contribution in [0.2, 0.25) is 0 Å². The number of esters is 2. The summed E-state index contributed by atoms with van der Waals surface area (Å²) in [6, 6.07) is 9.82. The van der Waals surface area contributed by atoms with Crippen molar-refractivity contribution < 1.29 is 28.4 Å². The number of hydrogen-bond donors (Lipinski definition) is 0. The minimum absolute atomic E-state index is 0.0390. The van der Waals surface area contributed by atoms with E-state index in [1.807, 2.05) is 0 Å². The number of carbonyl (C=O) groups is 2. The highest BCUT2D eigenvalue weighted by atomic mass is 16.6. The van der Waals surface area contributed by atoms with Crippen molar-refractivity contribution in [2.24, 2.45) is 0 Å². The largest absolute Gasteiger partial charge is 0.460 e. The second kappa shape index (κ2) is 7.51. The average molecular weight is 383 g/mol. The summed E-state index contributed by atoms with van der Waals surface area (Å²) >= 11 is 0. The topological polar surface area (TPSA) is 109 Å². The van der Waals surface area contributed by atoms with Gasteiger partial charge in [0.05, 0.1) is 16.6 Å². The smallest absolute Gasteiger partial charge is 0.343 e. The Hall–Kier alpha value is -3.68. The first-order valence-corrected chi connectivity index (χ1v) is 8.47. The summed E-state index contributed by atoms with van der Waals surface area (Å²) < 4.78 is 16.1. The molecule has 1 aromatic heterocycles. The van der Waals surface area contributed by atoms with Crippen molar-refractivity contribution in [3.05, 3.63) is 69.5 Å². The van der Waals surface area contributed by atoms with Gasteiger partial charge in [0.25, 0.3) is 5.69 Å². The molecule has 0 unspecified atom stereocenters. The van der Waals surface area contributed by atoms with E-state index in [0.29, 0.717) is 16.7 Å². The van der Waals surface area contributed by atoms with E-state index in [4.69, 9.17) is 13.9 Å². The molecule has 28 heavy (non-hydrogen) atoms. The van der Waals surface area contributed by atoms with Gasteiger partial charge in [-0.2, -0.15) is 0 Å². The van der Waals surface area contributed by atoms with Gasteiger partial charge >= 0.3 is 11.9 Å². The Morgan fingerprint density at radius 3 is 2.54 bits per heavy atom. The molecule has 0 atom stereocenters. The quantitative estimate of drug-likeness (QED) is 0.277. The second-order valence-electron chi connectivity index (χ2n) is 6.34. The molecule has 0 spiro atoms. The first kappa shape index (κ1) is 19.1. The van der Waals surface area contributed by atoms with Crippen LogP contribution in [0.25, 0.3) is 11.0 Å². The lowest BCUT2D eigenvalue weighted by Gasteiger charge is -2.08. The molecule has 0 aliphatic heterocycles. The third-order valence-electron chi connectivity index (χ3n) is 3.89. The fourth-order valence-electron chi connectivity index (χ4n) is 2.70. The zero-order valence-electron chi connectivity index (χ0n) is 15.4. The van der Waals surface area contributed by atoms with Gasteiger partial charge in [-0.3, -0.25) is 10.1 Å². The highest BCUT2D eigenvalue weighted by Crippen LogP contribution is 2.30. The Labute approximate surface area is 159 Å². The van der Waals surface area contributed by atoms with Crippen molar-refractivity contribution in [1.82, 2.24) is 0 Å². The fraction of sp³-hybridized carbons (Fsp3) is 0.200. The zero-order valence-corrected chi connectivity index (χ0v) is 15.4. The molecule has 2 aromatic carbocycles. The molecule has 3 rings (SSSR count). The van der Waals surface area contributed by atoms with Gasteiger partial charge in [0.1, 0.15) is 22.7 Å². The summed E-state index contributed by atoms with van der Waals surface area (Å²) in [5, 5.41) is 11.3. The van der Waals surface area contributed by atoms with Crippen LogP contribution in [0.3, 0.4) is 0 Å². The van der Waals surface area contributed by atoms with Gasteiger partial charge < -0.3 is 13.9 Å². The highest BCUT2D eigenvalue weighted by molar-refractivity contribution is 6.05. The number of fused-ring (bicyclic) bond motifs is 1. The van der Waals surface area contributed by atoms with Crippen LogP contribution in [0.4, 0.5) is 5.69 Å². The van der Waals surface area contributed by atoms with E-state index in [9.17, 15) is 19.7 Å². The van der Waals surface area contributed by atoms with Crippen molar-refractivity contribution in [1.29, 1.82) is 0 Å². The SMILES string of the molecule is Cc1oc2ccc(OC(=O)c3cccc([N+](=O)[O-])c3)cc2c1C(=O)OC(C)C. The van der Waals surface area contributed by atoms with E-state index < -0.39 is 16.9 Å². The summed E-state index contributed by atoms with van der Waals surface area (Å²) in [7, 11) is 0. The zero-order chi connectivity index (χ0) is 20.4. The van der Waals surface area contributed by atoms with Crippen LogP contribution in [0.1, 0.15) is 40.3 Å². The predicted octanol–water partition coefficient (Wildman–Crippen LogP) is 4.43. The molecule has 0 amide bonds. The number of furan rings is 1. The summed E-state index contributed by atoms with van der Waals surface area (Å²) in [6.07, 6.45) is -0.299. The van der Waals surface area contributed by atoms with Gasteiger partial charge in [-0.1, -0.05) is 6.07 Å². The molecule has 0 fully saturated rings. The number of nitro groups is 1. The van der Waals surface area contributed by atoms with Gasteiger partial charge in [0.15, 0.2) is 0 Å². The monoisotopic (exact) mass is 383 g/mol. The molecular weight excluding hydrogens is 366 g/mol. The average Bonchev–Trinajstić information content (AvgIpc) is 2.96. The molecule has 0 aliphatic rings. The first-order valence-electron chi connectivity index (χ1n) is 8.47. The summed E-state index contributed by atoms with van der Waals surface area (Å²) in [6.45, 7) is 5.12. The van der Waals surface area contributed by atoms with Gasteiger partial charge in [0.2, 0.25) is 0 Å². The van der Waals surface area contributed by atoms with Crippen LogP contribution in [0.15, 0.2) is 46.9 Å². The van der Waals surface area contributed by atoms with E-state index in [2.05, 4.69) is 0 Å². The standard InChI is InChI=1S/C20H17NO7/c1-11(2)26-20(23)18-12(3)27-17-8-7-15(10-16(17)18)28-19(22)13-5-4-6-14(9-13)21(24)25/h4-11H,1-3H3. The van der Waals surface area contributed by atoms with Gasteiger partial charge in [-0.05, 0) is 45.0 Å². The molecule has 0 saturated heterocycles. The number of nitro benzene ring substituents is 1. The molecule has 3 aromatic rings. The minimum Gasteiger partial charge on any atom is -0.460 e. The maximum Gasteiger partial charge on any atom is 0.343 e. The van der Waals surface area contributed by atoms with E-state index in [1.165, 1.54) is 30.3 Å². The van der Waals surface area contributed by atoms with Crippen molar-refractivity contribution in [2.45, 2.75) is 26.9 Å². The minimum atomic E-state index is -0.755. The molecular formula is C20H17NO7. The predicted molar refractivity (Wildman–Crippen MR) is 99.6 cm³/mol. The third-order valence-corrected chi connectivity index (χ3v) is 3.89. The summed E-state index contributed by atoms with van der Waals surface area (Å²) in [5.41, 5.74) is 0.534. The number of rotatable bonds is 5. The van der Waals surface area contributed by atoms with Crippen LogP contribution in [0, 0.1) is 17.0 Å². The van der Waals surface area contributed by atoms with Crippen molar-refractivity contribution in [2.75, 3.05) is 0 Å². The van der Waals surface area contributed by atoms with Crippen molar-refractivity contribution >= 4 is 28.6 Å². The molecule has 8 heteroatoms. The van der Waals surface area contributed by atoms with Crippen LogP contribution in [-0.4, -0.2) is 23.0 Å². The summed E-state index contributed by atoms with van der Waals surface area (Å²) in [4.78, 5) is 35.0. The lowest BCUT2D eigenvalue weighted by molar-refractivity contribution is -0.384. The Morgan fingerprint density at radius 2 is 1.86 bits per heavy atom. The normalized spacial score (nSPS) is 10.9. The lowest BCUT2D eigenvalue weighted by atomic mass is 10.1. The van der Waals surface area contributed by atoms with Crippen molar-refractivity contribution in [3.63, 3.8) is 0 Å². The van der Waals surface area contributed by atoms with Crippen molar-refractivity contribution in [3.8, 4) is 5.75 Å². The molecule has 0 saturated carbocycles. The Morgan fingerprint density at radius 1 is 1.11 bits per heavy atom. The molecule has 8 nitrogen and oxygen atoms in total. The highest BCUT2D eigenvalue weighted by Gasteiger charge is 2.22. The van der Waals surface area contributed by atoms with Crippen LogP contribution >= 0.6 is 0 Å². The lowest BCUT2D eigenvalue weighted by Crippen LogP contribution is -2.12. The molecule has 0 aliphatic carbocycles. The number of nitrogens with zero attached hydrogens (tertiary/aromatic N) is 1. The number of non-ortho nitro benzene ring substituents is 1. The van der Waals surface area contributed by atoms with E-state index in [0.717, 1.165) is 6.07 Å². The third kappa shape index (κ3) is 3.85. The molecule has 144 valence electrons. The number of carbonyl (C=O) groups excluding carboxylic acids is 2. The number of hydrogen-bond acceptors (Lipinski definition) is 7. The molecule has 0 N–H and O–H groups in total. The van der Waals surface area contributed by atoms with Crippen LogP contribution in [-0.2, 0) is 4.74 Å². The molecule has 0 bridgehead atoms. The fourth-order valence-corrected chi connectivity index (χ4v) is 2.70. The Balaban J connectivity index is 1.92. The maximum atomic E-state index is 12.4.